The molecule has 0 fully saturated rings. The average molecular weight is 324 g/mol. The molecule has 0 bridgehead atoms. The van der Waals surface area contributed by atoms with E-state index in [1.54, 1.807) is 18.7 Å². The maximum atomic E-state index is 12.3. The zero-order valence-corrected chi connectivity index (χ0v) is 13.8. The predicted octanol–water partition coefficient (Wildman–Crippen LogP) is 3.00. The number of carbonyl (C=O) groups excluding carboxylic acids is 2. The highest BCUT2D eigenvalue weighted by Crippen LogP contribution is 2.30. The van der Waals surface area contributed by atoms with Crippen LogP contribution in [0.5, 0.6) is 5.75 Å². The first-order valence-electron chi connectivity index (χ1n) is 7.98. The van der Waals surface area contributed by atoms with E-state index in [4.69, 9.17) is 4.74 Å². The number of hydrogen-bond donors (Lipinski definition) is 1. The summed E-state index contributed by atoms with van der Waals surface area (Å²) in [6.45, 7) is 3.97. The van der Waals surface area contributed by atoms with Crippen molar-refractivity contribution in [1.82, 2.24) is 0 Å². The summed E-state index contributed by atoms with van der Waals surface area (Å²) in [6, 6.07) is 14.9. The fraction of sp³-hybridized carbons (Fsp3) is 0.263. The number of ether oxygens (including phenoxy) is 1. The Morgan fingerprint density at radius 3 is 2.62 bits per heavy atom. The van der Waals surface area contributed by atoms with E-state index in [0.717, 1.165) is 17.7 Å². The summed E-state index contributed by atoms with van der Waals surface area (Å²) in [5, 5.41) is 2.87. The summed E-state index contributed by atoms with van der Waals surface area (Å²) in [5.74, 6) is 0.488. The van der Waals surface area contributed by atoms with Gasteiger partial charge in [0.05, 0.1) is 0 Å². The smallest absolute Gasteiger partial charge is 0.265 e. The van der Waals surface area contributed by atoms with E-state index in [-0.39, 0.29) is 11.8 Å². The summed E-state index contributed by atoms with van der Waals surface area (Å²) in [7, 11) is 0. The molecule has 24 heavy (non-hydrogen) atoms. The number of amides is 2. The molecule has 0 radical (unpaired) electrons. The molecule has 2 aromatic carbocycles. The van der Waals surface area contributed by atoms with Crippen LogP contribution in [0.3, 0.4) is 0 Å². The van der Waals surface area contributed by atoms with Crippen molar-refractivity contribution in [2.24, 2.45) is 0 Å². The molecule has 2 amide bonds. The molecule has 0 saturated heterocycles. The van der Waals surface area contributed by atoms with Crippen LogP contribution in [0.2, 0.25) is 0 Å². The average Bonchev–Trinajstić information content (AvgIpc) is 2.99. The van der Waals surface area contributed by atoms with Crippen LogP contribution in [0.25, 0.3) is 0 Å². The van der Waals surface area contributed by atoms with E-state index in [9.17, 15) is 9.59 Å². The van der Waals surface area contributed by atoms with Gasteiger partial charge in [-0.2, -0.15) is 0 Å². The van der Waals surface area contributed by atoms with E-state index in [1.807, 2.05) is 48.5 Å². The Morgan fingerprint density at radius 2 is 1.92 bits per heavy atom. The number of hydrogen-bond acceptors (Lipinski definition) is 3. The highest BCUT2D eigenvalue weighted by atomic mass is 16.5. The van der Waals surface area contributed by atoms with Crippen molar-refractivity contribution in [3.8, 4) is 5.75 Å². The quantitative estimate of drug-likeness (QED) is 0.940. The SMILES string of the molecule is CC(=O)N1CCc2cc(NC(=O)C(C)Oc3ccccc3)ccc21. The van der Waals surface area contributed by atoms with Gasteiger partial charge in [-0.1, -0.05) is 18.2 Å². The second kappa shape index (κ2) is 6.74. The van der Waals surface area contributed by atoms with Crippen LogP contribution in [-0.4, -0.2) is 24.5 Å². The van der Waals surface area contributed by atoms with E-state index in [1.165, 1.54) is 0 Å². The number of para-hydroxylation sites is 1. The highest BCUT2D eigenvalue weighted by Gasteiger charge is 2.23. The molecule has 1 unspecified atom stereocenters. The molecule has 1 atom stereocenters. The minimum Gasteiger partial charge on any atom is -0.481 e. The van der Waals surface area contributed by atoms with Crippen LogP contribution >= 0.6 is 0 Å². The fourth-order valence-corrected chi connectivity index (χ4v) is 2.81. The van der Waals surface area contributed by atoms with Crippen molar-refractivity contribution in [2.45, 2.75) is 26.4 Å². The van der Waals surface area contributed by atoms with Crippen LogP contribution in [0, 0.1) is 0 Å². The van der Waals surface area contributed by atoms with Gasteiger partial charge in [-0.05, 0) is 49.2 Å². The lowest BCUT2D eigenvalue weighted by molar-refractivity contribution is -0.122. The predicted molar refractivity (Wildman–Crippen MR) is 93.3 cm³/mol. The first-order valence-corrected chi connectivity index (χ1v) is 7.98. The number of fused-ring (bicyclic) bond motifs is 1. The van der Waals surface area contributed by atoms with Crippen LogP contribution in [0.4, 0.5) is 11.4 Å². The summed E-state index contributed by atoms with van der Waals surface area (Å²) in [5.41, 5.74) is 2.71. The van der Waals surface area contributed by atoms with Crippen molar-refractivity contribution in [3.63, 3.8) is 0 Å². The summed E-state index contributed by atoms with van der Waals surface area (Å²) >= 11 is 0. The topological polar surface area (TPSA) is 58.6 Å². The van der Waals surface area contributed by atoms with Gasteiger partial charge in [-0.3, -0.25) is 9.59 Å². The maximum absolute atomic E-state index is 12.3. The van der Waals surface area contributed by atoms with Crippen LogP contribution in [0.1, 0.15) is 19.4 Å². The normalized spacial score (nSPS) is 14.0. The Kier molecular flexibility index (Phi) is 4.51. The van der Waals surface area contributed by atoms with Crippen LogP contribution < -0.4 is 15.0 Å². The van der Waals surface area contributed by atoms with E-state index < -0.39 is 6.10 Å². The minimum absolute atomic E-state index is 0.0374. The van der Waals surface area contributed by atoms with Gasteiger partial charge in [-0.15, -0.1) is 0 Å². The molecular formula is C19H20N2O3. The van der Waals surface area contributed by atoms with Gasteiger partial charge in [0.15, 0.2) is 6.10 Å². The van der Waals surface area contributed by atoms with Gasteiger partial charge < -0.3 is 15.0 Å². The van der Waals surface area contributed by atoms with Gasteiger partial charge >= 0.3 is 0 Å². The lowest BCUT2D eigenvalue weighted by Crippen LogP contribution is -2.30. The van der Waals surface area contributed by atoms with Gasteiger partial charge in [0.1, 0.15) is 5.75 Å². The van der Waals surface area contributed by atoms with Crippen molar-refractivity contribution in [3.05, 3.63) is 54.1 Å². The summed E-state index contributed by atoms with van der Waals surface area (Å²) in [4.78, 5) is 25.6. The highest BCUT2D eigenvalue weighted by molar-refractivity contribution is 5.96. The number of rotatable bonds is 4. The van der Waals surface area contributed by atoms with Crippen molar-refractivity contribution < 1.29 is 14.3 Å². The zero-order valence-electron chi connectivity index (χ0n) is 13.8. The third-order valence-electron chi connectivity index (χ3n) is 4.05. The second-order valence-electron chi connectivity index (χ2n) is 5.83. The Labute approximate surface area is 141 Å². The Bertz CT molecular complexity index is 758. The molecule has 5 nitrogen and oxygen atoms in total. The lowest BCUT2D eigenvalue weighted by atomic mass is 10.1. The minimum atomic E-state index is -0.602. The molecule has 3 rings (SSSR count). The number of nitrogens with zero attached hydrogens (tertiary/aromatic N) is 1. The van der Waals surface area contributed by atoms with Gasteiger partial charge in [0.25, 0.3) is 5.91 Å². The lowest BCUT2D eigenvalue weighted by Gasteiger charge is -2.16. The number of benzene rings is 2. The van der Waals surface area contributed by atoms with Gasteiger partial charge in [0.2, 0.25) is 5.91 Å². The molecule has 0 aliphatic carbocycles. The summed E-state index contributed by atoms with van der Waals surface area (Å²) < 4.78 is 5.62. The molecule has 1 heterocycles. The van der Waals surface area contributed by atoms with Gasteiger partial charge in [-0.25, -0.2) is 0 Å². The van der Waals surface area contributed by atoms with Crippen LogP contribution in [-0.2, 0) is 16.0 Å². The monoisotopic (exact) mass is 324 g/mol. The molecule has 5 heteroatoms. The Balaban J connectivity index is 1.66. The molecule has 0 aromatic heterocycles. The first kappa shape index (κ1) is 16.1. The number of carbonyl (C=O) groups is 2. The second-order valence-corrected chi connectivity index (χ2v) is 5.83. The van der Waals surface area contributed by atoms with E-state index in [0.29, 0.717) is 18.0 Å². The van der Waals surface area contributed by atoms with E-state index in [2.05, 4.69) is 5.32 Å². The fourth-order valence-electron chi connectivity index (χ4n) is 2.81. The van der Waals surface area contributed by atoms with Crippen molar-refractivity contribution in [1.29, 1.82) is 0 Å². The number of anilines is 2. The molecule has 1 aliphatic rings. The zero-order chi connectivity index (χ0) is 17.1. The maximum Gasteiger partial charge on any atom is 0.265 e. The standard InChI is InChI=1S/C19H20N2O3/c1-13(24-17-6-4-3-5-7-17)19(23)20-16-8-9-18-15(12-16)10-11-21(18)14(2)22/h3-9,12-13H,10-11H2,1-2H3,(H,20,23). The number of nitrogens with one attached hydrogen (secondary N) is 1. The third kappa shape index (κ3) is 3.40. The molecule has 0 spiro atoms. The largest absolute Gasteiger partial charge is 0.481 e. The Hall–Kier alpha value is -2.82. The third-order valence-corrected chi connectivity index (χ3v) is 4.05. The first-order chi connectivity index (χ1) is 11.5. The molecular weight excluding hydrogens is 304 g/mol. The molecule has 2 aromatic rings. The Morgan fingerprint density at radius 1 is 1.17 bits per heavy atom. The summed E-state index contributed by atoms with van der Waals surface area (Å²) in [6.07, 6.45) is 0.198. The van der Waals surface area contributed by atoms with E-state index >= 15 is 0 Å². The van der Waals surface area contributed by atoms with Crippen molar-refractivity contribution in [2.75, 3.05) is 16.8 Å². The van der Waals surface area contributed by atoms with Crippen LogP contribution in [0.15, 0.2) is 48.5 Å². The molecule has 1 N–H and O–H groups in total. The molecule has 0 saturated carbocycles. The molecule has 124 valence electrons. The van der Waals surface area contributed by atoms with Gasteiger partial charge in [0, 0.05) is 24.8 Å². The van der Waals surface area contributed by atoms with Crippen molar-refractivity contribution >= 4 is 23.2 Å². The molecule has 1 aliphatic heterocycles.